The molecule has 19 heavy (non-hydrogen) atoms. The van der Waals surface area contributed by atoms with E-state index < -0.39 is 0 Å². The van der Waals surface area contributed by atoms with E-state index in [0.717, 1.165) is 10.9 Å². The highest BCUT2D eigenvalue weighted by Gasteiger charge is 2.07. The molecular weight excluding hydrogens is 242 g/mol. The molecule has 0 aliphatic rings. The van der Waals surface area contributed by atoms with Crippen LogP contribution in [-0.4, -0.2) is 21.1 Å². The van der Waals surface area contributed by atoms with Crippen LogP contribution in [0, 0.1) is 0 Å². The number of aromatic nitrogens is 3. The maximum Gasteiger partial charge on any atom is 0.255 e. The molecule has 0 radical (unpaired) electrons. The third-order valence-electron chi connectivity index (χ3n) is 2.75. The quantitative estimate of drug-likeness (QED) is 0.648. The van der Waals surface area contributed by atoms with Crippen molar-refractivity contribution in [2.75, 3.05) is 11.1 Å². The van der Waals surface area contributed by atoms with Gasteiger partial charge in [0.1, 0.15) is 5.82 Å². The van der Waals surface area contributed by atoms with Gasteiger partial charge >= 0.3 is 0 Å². The van der Waals surface area contributed by atoms with Crippen molar-refractivity contribution >= 4 is 28.3 Å². The van der Waals surface area contributed by atoms with Crippen molar-refractivity contribution in [3.8, 4) is 0 Å². The molecule has 0 atom stereocenters. The molecule has 0 aliphatic carbocycles. The van der Waals surface area contributed by atoms with E-state index >= 15 is 0 Å². The fourth-order valence-electron chi connectivity index (χ4n) is 1.76. The molecule has 0 fully saturated rings. The van der Waals surface area contributed by atoms with Crippen LogP contribution in [0.3, 0.4) is 0 Å². The van der Waals surface area contributed by atoms with Gasteiger partial charge in [0.15, 0.2) is 0 Å². The highest BCUT2D eigenvalue weighted by atomic mass is 16.1. The maximum absolute atomic E-state index is 12.1. The van der Waals surface area contributed by atoms with Crippen LogP contribution >= 0.6 is 0 Å². The number of pyridine rings is 1. The number of fused-ring (bicyclic) bond motifs is 1. The number of carbonyl (C=O) groups excluding carboxylic acids is 1. The van der Waals surface area contributed by atoms with Gasteiger partial charge in [-0.15, -0.1) is 0 Å². The Morgan fingerprint density at radius 2 is 2.11 bits per heavy atom. The Hall–Kier alpha value is -2.89. The molecule has 94 valence electrons. The number of nitrogens with zero attached hydrogens (tertiary/aromatic N) is 2. The van der Waals surface area contributed by atoms with Crippen LogP contribution in [0.25, 0.3) is 10.9 Å². The number of rotatable bonds is 2. The molecular formula is C13H11N5O. The first-order chi connectivity index (χ1) is 9.22. The average molecular weight is 253 g/mol. The normalized spacial score (nSPS) is 10.5. The largest absolute Gasteiger partial charge is 0.384 e. The van der Waals surface area contributed by atoms with Gasteiger partial charge in [-0.3, -0.25) is 9.89 Å². The molecule has 0 saturated heterocycles. The molecule has 1 amide bonds. The molecule has 3 rings (SSSR count). The molecule has 0 saturated carbocycles. The van der Waals surface area contributed by atoms with Gasteiger partial charge in [-0.2, -0.15) is 5.10 Å². The van der Waals surface area contributed by atoms with Crippen molar-refractivity contribution < 1.29 is 4.79 Å². The molecule has 0 aliphatic heterocycles. The molecule has 0 unspecified atom stereocenters. The van der Waals surface area contributed by atoms with E-state index in [1.165, 1.54) is 6.20 Å². The molecule has 1 aromatic carbocycles. The molecule has 0 bridgehead atoms. The van der Waals surface area contributed by atoms with Crippen molar-refractivity contribution in [1.29, 1.82) is 0 Å². The van der Waals surface area contributed by atoms with Gasteiger partial charge in [0.05, 0.1) is 23.6 Å². The van der Waals surface area contributed by atoms with E-state index in [0.29, 0.717) is 17.1 Å². The summed E-state index contributed by atoms with van der Waals surface area (Å²) in [6, 6.07) is 8.68. The number of nitrogen functional groups attached to an aromatic ring is 1. The van der Waals surface area contributed by atoms with E-state index in [1.54, 1.807) is 30.5 Å². The summed E-state index contributed by atoms with van der Waals surface area (Å²) in [4.78, 5) is 16.0. The predicted molar refractivity (Wildman–Crippen MR) is 72.7 cm³/mol. The van der Waals surface area contributed by atoms with Crippen LogP contribution in [0.1, 0.15) is 10.4 Å². The number of nitrogens with one attached hydrogen (secondary N) is 2. The predicted octanol–water partition coefficient (Wildman–Crippen LogP) is 1.79. The Labute approximate surface area is 108 Å². The lowest BCUT2D eigenvalue weighted by atomic mass is 10.1. The number of hydrogen-bond donors (Lipinski definition) is 3. The molecule has 4 N–H and O–H groups in total. The van der Waals surface area contributed by atoms with Gasteiger partial charge in [0.25, 0.3) is 5.91 Å². The lowest BCUT2D eigenvalue weighted by Crippen LogP contribution is -2.12. The van der Waals surface area contributed by atoms with Crippen LogP contribution < -0.4 is 11.1 Å². The third-order valence-corrected chi connectivity index (χ3v) is 2.75. The van der Waals surface area contributed by atoms with Crippen molar-refractivity contribution in [2.45, 2.75) is 0 Å². The Balaban J connectivity index is 1.84. The van der Waals surface area contributed by atoms with Gasteiger partial charge in [-0.1, -0.05) is 6.07 Å². The van der Waals surface area contributed by atoms with E-state index in [-0.39, 0.29) is 5.91 Å². The second kappa shape index (κ2) is 4.41. The number of amides is 1. The van der Waals surface area contributed by atoms with Gasteiger partial charge in [-0.05, 0) is 24.3 Å². The molecule has 2 aromatic heterocycles. The van der Waals surface area contributed by atoms with Gasteiger partial charge in [0, 0.05) is 10.9 Å². The molecule has 6 heteroatoms. The first-order valence-corrected chi connectivity index (χ1v) is 5.68. The highest BCUT2D eigenvalue weighted by Crippen LogP contribution is 2.14. The minimum Gasteiger partial charge on any atom is -0.384 e. The van der Waals surface area contributed by atoms with Crippen LogP contribution in [0.4, 0.5) is 11.5 Å². The zero-order valence-corrected chi connectivity index (χ0v) is 9.92. The fraction of sp³-hybridized carbons (Fsp3) is 0. The summed E-state index contributed by atoms with van der Waals surface area (Å²) < 4.78 is 0. The smallest absolute Gasteiger partial charge is 0.255 e. The molecule has 3 aromatic rings. The van der Waals surface area contributed by atoms with E-state index in [1.807, 2.05) is 6.07 Å². The summed E-state index contributed by atoms with van der Waals surface area (Å²) in [5, 5.41) is 10.5. The first kappa shape index (κ1) is 11.2. The average Bonchev–Trinajstić information content (AvgIpc) is 2.88. The van der Waals surface area contributed by atoms with Crippen molar-refractivity contribution in [1.82, 2.24) is 15.2 Å². The summed E-state index contributed by atoms with van der Waals surface area (Å²) in [7, 11) is 0. The van der Waals surface area contributed by atoms with E-state index in [9.17, 15) is 4.79 Å². The van der Waals surface area contributed by atoms with Crippen LogP contribution in [0.5, 0.6) is 0 Å². The number of anilines is 2. The highest BCUT2D eigenvalue weighted by molar-refractivity contribution is 6.06. The Bertz CT molecular complexity index is 732. The van der Waals surface area contributed by atoms with Crippen molar-refractivity contribution in [3.63, 3.8) is 0 Å². The Morgan fingerprint density at radius 1 is 1.21 bits per heavy atom. The number of benzene rings is 1. The third kappa shape index (κ3) is 2.23. The van der Waals surface area contributed by atoms with E-state index in [4.69, 9.17) is 5.73 Å². The minimum absolute atomic E-state index is 0.205. The van der Waals surface area contributed by atoms with Gasteiger partial charge < -0.3 is 11.1 Å². The van der Waals surface area contributed by atoms with Crippen LogP contribution in [0.15, 0.2) is 42.7 Å². The van der Waals surface area contributed by atoms with Crippen LogP contribution in [-0.2, 0) is 0 Å². The lowest BCUT2D eigenvalue weighted by Gasteiger charge is -2.05. The fourth-order valence-corrected chi connectivity index (χ4v) is 1.76. The summed E-state index contributed by atoms with van der Waals surface area (Å²) in [5.74, 6) is 0.208. The molecule has 2 heterocycles. The number of carbonyl (C=O) groups is 1. The number of hydrogen-bond acceptors (Lipinski definition) is 4. The van der Waals surface area contributed by atoms with Crippen molar-refractivity contribution in [3.05, 3.63) is 48.3 Å². The SMILES string of the molecule is Nc1ccc(NC(=O)c2ccc3cn[nH]c3c2)cn1. The monoisotopic (exact) mass is 253 g/mol. The van der Waals surface area contributed by atoms with Gasteiger partial charge in [0.2, 0.25) is 0 Å². The summed E-state index contributed by atoms with van der Waals surface area (Å²) >= 11 is 0. The lowest BCUT2D eigenvalue weighted by molar-refractivity contribution is 0.102. The number of aromatic amines is 1. The van der Waals surface area contributed by atoms with Gasteiger partial charge in [-0.25, -0.2) is 4.98 Å². The van der Waals surface area contributed by atoms with Crippen LogP contribution in [0.2, 0.25) is 0 Å². The topological polar surface area (TPSA) is 96.7 Å². The Morgan fingerprint density at radius 3 is 2.89 bits per heavy atom. The maximum atomic E-state index is 12.1. The number of H-pyrrole nitrogens is 1. The summed E-state index contributed by atoms with van der Waals surface area (Å²) in [6.45, 7) is 0. The minimum atomic E-state index is -0.205. The van der Waals surface area contributed by atoms with Crippen molar-refractivity contribution in [2.24, 2.45) is 0 Å². The first-order valence-electron chi connectivity index (χ1n) is 5.68. The summed E-state index contributed by atoms with van der Waals surface area (Å²) in [6.07, 6.45) is 3.23. The zero-order chi connectivity index (χ0) is 13.2. The Kier molecular flexibility index (Phi) is 2.60. The standard InChI is InChI=1S/C13H11N5O/c14-12-4-3-10(7-15-12)17-13(19)8-1-2-9-6-16-18-11(9)5-8/h1-7H,(H2,14,15)(H,16,18)(H,17,19). The van der Waals surface area contributed by atoms with E-state index in [2.05, 4.69) is 20.5 Å². The number of nitrogens with two attached hydrogens (primary N) is 1. The zero-order valence-electron chi connectivity index (χ0n) is 9.92. The molecule has 0 spiro atoms. The second-order valence-electron chi connectivity index (χ2n) is 4.10. The summed E-state index contributed by atoms with van der Waals surface area (Å²) in [5.41, 5.74) is 7.46. The second-order valence-corrected chi connectivity index (χ2v) is 4.10. The molecule has 6 nitrogen and oxygen atoms in total.